The highest BCUT2D eigenvalue weighted by Gasteiger charge is 2.47. The van der Waals surface area contributed by atoms with Gasteiger partial charge in [0.15, 0.2) is 0 Å². The highest BCUT2D eigenvalue weighted by atomic mass is 16.5. The summed E-state index contributed by atoms with van der Waals surface area (Å²) in [6.45, 7) is 20.9. The fraction of sp³-hybridized carbons (Fsp3) is 1.00. The third-order valence-electron chi connectivity index (χ3n) is 5.92. The van der Waals surface area contributed by atoms with Crippen LogP contribution in [0.15, 0.2) is 0 Å². The second-order valence-corrected chi connectivity index (χ2v) is 7.09. The summed E-state index contributed by atoms with van der Waals surface area (Å²) in [5.41, 5.74) is 0.714. The van der Waals surface area contributed by atoms with Crippen LogP contribution in [0.5, 0.6) is 0 Å². The second-order valence-electron chi connectivity index (χ2n) is 7.09. The van der Waals surface area contributed by atoms with E-state index in [4.69, 9.17) is 4.74 Å². The molecule has 1 saturated carbocycles. The minimum absolute atomic E-state index is 0.714. The first-order valence-corrected chi connectivity index (χ1v) is 9.88. The van der Waals surface area contributed by atoms with Crippen molar-refractivity contribution in [2.75, 3.05) is 59.0 Å². The molecule has 0 bridgehead atoms. The van der Waals surface area contributed by atoms with E-state index in [-0.39, 0.29) is 0 Å². The van der Waals surface area contributed by atoms with E-state index in [1.807, 2.05) is 20.8 Å². The number of piperazine rings is 1. The molecule has 2 atom stereocenters. The SMILES string of the molecule is CC.CC1CCC1(C)C1CNC1.CCOCCN1CCNCC1. The number of nitrogens with zero attached hydrogens (tertiary/aromatic N) is 1. The quantitative estimate of drug-likeness (QED) is 0.761. The number of nitrogens with one attached hydrogen (secondary N) is 2. The van der Waals surface area contributed by atoms with Crippen molar-refractivity contribution in [3.05, 3.63) is 0 Å². The largest absolute Gasteiger partial charge is 0.380 e. The molecule has 1 aliphatic carbocycles. The van der Waals surface area contributed by atoms with Crippen LogP contribution < -0.4 is 10.6 Å². The molecule has 2 unspecified atom stereocenters. The molecule has 2 N–H and O–H groups in total. The summed E-state index contributed by atoms with van der Waals surface area (Å²) in [5.74, 6) is 1.98. The van der Waals surface area contributed by atoms with Crippen LogP contribution in [0, 0.1) is 17.3 Å². The molecule has 0 radical (unpaired) electrons. The van der Waals surface area contributed by atoms with Crippen molar-refractivity contribution < 1.29 is 4.74 Å². The lowest BCUT2D eigenvalue weighted by molar-refractivity contribution is -0.0262. The lowest BCUT2D eigenvalue weighted by Crippen LogP contribution is -2.56. The Hall–Kier alpha value is -0.160. The maximum absolute atomic E-state index is 5.27. The van der Waals surface area contributed by atoms with E-state index in [2.05, 4.69) is 29.4 Å². The van der Waals surface area contributed by atoms with Crippen LogP contribution in [0.3, 0.4) is 0 Å². The van der Waals surface area contributed by atoms with E-state index in [1.165, 1.54) is 39.0 Å². The number of hydrogen-bond donors (Lipinski definition) is 2. The summed E-state index contributed by atoms with van der Waals surface area (Å²) >= 11 is 0. The number of ether oxygens (including phenoxy) is 1. The van der Waals surface area contributed by atoms with Crippen molar-refractivity contribution in [2.45, 2.75) is 47.5 Å². The number of rotatable bonds is 5. The van der Waals surface area contributed by atoms with Crippen LogP contribution in [0.25, 0.3) is 0 Å². The molecule has 0 aromatic carbocycles. The van der Waals surface area contributed by atoms with Gasteiger partial charge in [0.2, 0.25) is 0 Å². The minimum Gasteiger partial charge on any atom is -0.380 e. The van der Waals surface area contributed by atoms with E-state index in [1.54, 1.807) is 0 Å². The van der Waals surface area contributed by atoms with Crippen LogP contribution in [-0.4, -0.2) is 63.9 Å². The molecule has 3 aliphatic rings. The molecule has 2 saturated heterocycles. The van der Waals surface area contributed by atoms with Crippen molar-refractivity contribution in [1.29, 1.82) is 0 Å². The maximum atomic E-state index is 5.27. The van der Waals surface area contributed by atoms with Crippen LogP contribution in [0.4, 0.5) is 0 Å². The highest BCUT2D eigenvalue weighted by molar-refractivity contribution is 4.99. The van der Waals surface area contributed by atoms with Gasteiger partial charge in [-0.15, -0.1) is 0 Å². The van der Waals surface area contributed by atoms with Crippen molar-refractivity contribution >= 4 is 0 Å². The summed E-state index contributed by atoms with van der Waals surface area (Å²) < 4.78 is 5.27. The zero-order chi connectivity index (χ0) is 17.1. The summed E-state index contributed by atoms with van der Waals surface area (Å²) in [4.78, 5) is 2.44. The van der Waals surface area contributed by atoms with Gasteiger partial charge in [0, 0.05) is 39.3 Å². The zero-order valence-electron chi connectivity index (χ0n) is 16.3. The predicted octanol–water partition coefficient (Wildman–Crippen LogP) is 2.60. The van der Waals surface area contributed by atoms with E-state index in [9.17, 15) is 0 Å². The van der Waals surface area contributed by atoms with Gasteiger partial charge in [0.1, 0.15) is 0 Å². The van der Waals surface area contributed by atoms with Crippen molar-refractivity contribution in [3.63, 3.8) is 0 Å². The fourth-order valence-electron chi connectivity index (χ4n) is 3.52. The molecular formula is C19H41N3O. The van der Waals surface area contributed by atoms with Crippen molar-refractivity contribution in [3.8, 4) is 0 Å². The van der Waals surface area contributed by atoms with Crippen molar-refractivity contribution in [1.82, 2.24) is 15.5 Å². The normalized spacial score (nSPS) is 30.9. The average Bonchev–Trinajstić information content (AvgIpc) is 2.55. The first-order chi connectivity index (χ1) is 11.2. The lowest BCUT2D eigenvalue weighted by Gasteiger charge is -2.54. The van der Waals surface area contributed by atoms with E-state index >= 15 is 0 Å². The van der Waals surface area contributed by atoms with Gasteiger partial charge in [-0.1, -0.05) is 27.7 Å². The third kappa shape index (κ3) is 6.33. The molecule has 3 rings (SSSR count). The van der Waals surface area contributed by atoms with Gasteiger partial charge in [-0.3, -0.25) is 4.90 Å². The first kappa shape index (κ1) is 20.9. The molecule has 2 heterocycles. The average molecular weight is 328 g/mol. The molecule has 138 valence electrons. The Balaban J connectivity index is 0.000000208. The van der Waals surface area contributed by atoms with Gasteiger partial charge in [-0.2, -0.15) is 0 Å². The van der Waals surface area contributed by atoms with Gasteiger partial charge in [-0.05, 0) is 50.1 Å². The lowest BCUT2D eigenvalue weighted by atomic mass is 9.54. The first-order valence-electron chi connectivity index (χ1n) is 9.88. The summed E-state index contributed by atoms with van der Waals surface area (Å²) in [6, 6.07) is 0. The molecule has 23 heavy (non-hydrogen) atoms. The van der Waals surface area contributed by atoms with Crippen LogP contribution >= 0.6 is 0 Å². The van der Waals surface area contributed by atoms with Crippen LogP contribution in [0.1, 0.15) is 47.5 Å². The Morgan fingerprint density at radius 1 is 1.13 bits per heavy atom. The van der Waals surface area contributed by atoms with Gasteiger partial charge >= 0.3 is 0 Å². The zero-order valence-corrected chi connectivity index (χ0v) is 16.3. The van der Waals surface area contributed by atoms with Crippen LogP contribution in [0.2, 0.25) is 0 Å². The predicted molar refractivity (Wildman–Crippen MR) is 100 cm³/mol. The molecule has 0 aromatic rings. The monoisotopic (exact) mass is 327 g/mol. The second kappa shape index (κ2) is 11.4. The maximum Gasteiger partial charge on any atom is 0.0593 e. The molecule has 2 aliphatic heterocycles. The molecule has 0 aromatic heterocycles. The van der Waals surface area contributed by atoms with E-state index in [0.717, 1.165) is 44.7 Å². The molecule has 0 spiro atoms. The molecule has 3 fully saturated rings. The third-order valence-corrected chi connectivity index (χ3v) is 5.92. The van der Waals surface area contributed by atoms with Crippen molar-refractivity contribution in [2.24, 2.45) is 17.3 Å². The highest BCUT2D eigenvalue weighted by Crippen LogP contribution is 2.52. The number of hydrogen-bond acceptors (Lipinski definition) is 4. The molecule has 0 amide bonds. The molecule has 4 nitrogen and oxygen atoms in total. The minimum atomic E-state index is 0.714. The Bertz CT molecular complexity index is 290. The Labute approximate surface area is 144 Å². The van der Waals surface area contributed by atoms with Crippen LogP contribution in [-0.2, 0) is 4.74 Å². The topological polar surface area (TPSA) is 36.5 Å². The fourth-order valence-corrected chi connectivity index (χ4v) is 3.52. The van der Waals surface area contributed by atoms with Gasteiger partial charge in [0.25, 0.3) is 0 Å². The van der Waals surface area contributed by atoms with Gasteiger partial charge in [-0.25, -0.2) is 0 Å². The summed E-state index contributed by atoms with van der Waals surface area (Å²) in [6.07, 6.45) is 2.94. The Kier molecular flexibility index (Phi) is 10.4. The Morgan fingerprint density at radius 2 is 1.78 bits per heavy atom. The molecule has 4 heteroatoms. The molecular weight excluding hydrogens is 286 g/mol. The smallest absolute Gasteiger partial charge is 0.0593 e. The standard InChI is InChI=1S/C9H17N.C8H18N2O.C2H6/c1-7-3-4-9(7,2)8-5-10-6-8;1-2-11-8-7-10-5-3-9-4-6-10;1-2/h7-8,10H,3-6H2,1-2H3;9H,2-8H2,1H3;1-2H3. The van der Waals surface area contributed by atoms with Gasteiger partial charge in [0.05, 0.1) is 6.61 Å². The Morgan fingerprint density at radius 3 is 2.13 bits per heavy atom. The summed E-state index contributed by atoms with van der Waals surface area (Å²) in [7, 11) is 0. The summed E-state index contributed by atoms with van der Waals surface area (Å²) in [5, 5.41) is 6.68. The van der Waals surface area contributed by atoms with E-state index < -0.39 is 0 Å². The van der Waals surface area contributed by atoms with E-state index in [0.29, 0.717) is 5.41 Å². The van der Waals surface area contributed by atoms with Gasteiger partial charge < -0.3 is 15.4 Å².